The van der Waals surface area contributed by atoms with Crippen LogP contribution in [0.4, 0.5) is 11.4 Å². The third-order valence-corrected chi connectivity index (χ3v) is 5.05. The van der Waals surface area contributed by atoms with E-state index in [0.29, 0.717) is 17.5 Å². The number of aromatic nitrogens is 2. The molecule has 1 amide bonds. The number of carbonyl (C=O) groups excluding carboxylic acids is 1. The Morgan fingerprint density at radius 1 is 1.21 bits per heavy atom. The van der Waals surface area contributed by atoms with E-state index in [2.05, 4.69) is 17.0 Å². The summed E-state index contributed by atoms with van der Waals surface area (Å²) < 4.78 is 1.75. The highest BCUT2D eigenvalue weighted by molar-refractivity contribution is 6.31. The van der Waals surface area contributed by atoms with Crippen molar-refractivity contribution in [2.24, 2.45) is 7.05 Å². The van der Waals surface area contributed by atoms with Gasteiger partial charge in [0.2, 0.25) is 0 Å². The minimum absolute atomic E-state index is 0.0313. The van der Waals surface area contributed by atoms with Crippen LogP contribution in [0, 0.1) is 0 Å². The fourth-order valence-corrected chi connectivity index (χ4v) is 3.59. The molecule has 5 nitrogen and oxygen atoms in total. The molecule has 0 spiro atoms. The van der Waals surface area contributed by atoms with Gasteiger partial charge in [-0.3, -0.25) is 9.48 Å². The fourth-order valence-electron chi connectivity index (χ4n) is 3.43. The van der Waals surface area contributed by atoms with Gasteiger partial charge in [0.1, 0.15) is 0 Å². The van der Waals surface area contributed by atoms with Crippen LogP contribution in [0.1, 0.15) is 41.2 Å². The lowest BCUT2D eigenvalue weighted by Crippen LogP contribution is -2.32. The topological polar surface area (TPSA) is 41.4 Å². The lowest BCUT2D eigenvalue weighted by Gasteiger charge is -2.24. The molecule has 1 aliphatic heterocycles. The number of anilines is 2. The van der Waals surface area contributed by atoms with Crippen LogP contribution in [-0.4, -0.2) is 35.8 Å². The molecule has 1 aromatic carbocycles. The molecular formula is C18H21ClN4O. The predicted octanol–water partition coefficient (Wildman–Crippen LogP) is 3.44. The van der Waals surface area contributed by atoms with Gasteiger partial charge in [0.25, 0.3) is 5.91 Å². The summed E-state index contributed by atoms with van der Waals surface area (Å²) in [4.78, 5) is 17.4. The number of halogens is 1. The van der Waals surface area contributed by atoms with Crippen LogP contribution in [0.25, 0.3) is 0 Å². The number of fused-ring (bicyclic) bond motifs is 1. The minimum atomic E-state index is 0.0313. The van der Waals surface area contributed by atoms with E-state index in [-0.39, 0.29) is 5.91 Å². The highest BCUT2D eigenvalue weighted by Crippen LogP contribution is 2.42. The van der Waals surface area contributed by atoms with Gasteiger partial charge in [-0.25, -0.2) is 0 Å². The first-order chi connectivity index (χ1) is 11.5. The van der Waals surface area contributed by atoms with Crippen molar-refractivity contribution >= 4 is 28.9 Å². The van der Waals surface area contributed by atoms with Crippen molar-refractivity contribution in [1.29, 1.82) is 0 Å². The first-order valence-electron chi connectivity index (χ1n) is 8.40. The number of benzene rings is 1. The molecule has 126 valence electrons. The molecule has 0 saturated heterocycles. The van der Waals surface area contributed by atoms with E-state index < -0.39 is 0 Å². The molecule has 4 rings (SSSR count). The van der Waals surface area contributed by atoms with Crippen molar-refractivity contribution in [1.82, 2.24) is 9.78 Å². The van der Waals surface area contributed by atoms with Crippen LogP contribution in [0.15, 0.2) is 24.4 Å². The molecule has 2 aliphatic rings. The summed E-state index contributed by atoms with van der Waals surface area (Å²) in [6, 6.07) is 5.77. The molecule has 1 aromatic heterocycles. The first kappa shape index (κ1) is 15.5. The Morgan fingerprint density at radius 2 is 2.00 bits per heavy atom. The largest absolute Gasteiger partial charge is 0.373 e. The number of hydrogen-bond donors (Lipinski definition) is 0. The van der Waals surface area contributed by atoms with Gasteiger partial charge in [-0.2, -0.15) is 5.10 Å². The molecule has 1 saturated carbocycles. The second-order valence-electron chi connectivity index (χ2n) is 6.74. The first-order valence-corrected chi connectivity index (χ1v) is 8.78. The monoisotopic (exact) mass is 344 g/mol. The van der Waals surface area contributed by atoms with Gasteiger partial charge in [0.15, 0.2) is 0 Å². The molecule has 2 aromatic rings. The molecular weight excluding hydrogens is 324 g/mol. The zero-order chi connectivity index (χ0) is 16.8. The van der Waals surface area contributed by atoms with Gasteiger partial charge >= 0.3 is 0 Å². The quantitative estimate of drug-likeness (QED) is 0.838. The van der Waals surface area contributed by atoms with E-state index >= 15 is 0 Å². The van der Waals surface area contributed by atoms with Crippen LogP contribution >= 0.6 is 11.6 Å². The van der Waals surface area contributed by atoms with Gasteiger partial charge in [-0.15, -0.1) is 0 Å². The molecule has 6 heteroatoms. The fraction of sp³-hybridized carbons (Fsp3) is 0.444. The number of nitrogens with zero attached hydrogens (tertiary/aromatic N) is 4. The Bertz CT molecular complexity index is 796. The van der Waals surface area contributed by atoms with Crippen molar-refractivity contribution in [3.8, 4) is 0 Å². The highest BCUT2D eigenvalue weighted by Gasteiger charge is 2.34. The summed E-state index contributed by atoms with van der Waals surface area (Å²) in [6.45, 7) is 1.61. The summed E-state index contributed by atoms with van der Waals surface area (Å²) in [5.41, 5.74) is 3.61. The van der Waals surface area contributed by atoms with Crippen molar-refractivity contribution in [3.05, 3.63) is 40.7 Å². The standard InChI is InChI=1S/C18H21ClN4O/c1-21-8-3-9-23(16-10-13(19)6-7-15(16)21)18(24)14-11-22(2)20-17(14)12-4-5-12/h6-7,10-12H,3-5,8-9H2,1-2H3. The summed E-state index contributed by atoms with van der Waals surface area (Å²) in [6.07, 6.45) is 5.03. The second-order valence-corrected chi connectivity index (χ2v) is 7.18. The maximum atomic E-state index is 13.3. The number of rotatable bonds is 2. The van der Waals surface area contributed by atoms with Gasteiger partial charge in [0.05, 0.1) is 22.6 Å². The average molecular weight is 345 g/mol. The summed E-state index contributed by atoms with van der Waals surface area (Å²) in [5, 5.41) is 5.18. The van der Waals surface area contributed by atoms with Gasteiger partial charge in [-0.05, 0) is 37.5 Å². The van der Waals surface area contributed by atoms with Gasteiger partial charge < -0.3 is 9.80 Å². The number of carbonyl (C=O) groups is 1. The molecule has 0 bridgehead atoms. The lowest BCUT2D eigenvalue weighted by atomic mass is 10.1. The Morgan fingerprint density at radius 3 is 2.75 bits per heavy atom. The van der Waals surface area contributed by atoms with Crippen LogP contribution in [0.5, 0.6) is 0 Å². The Kier molecular flexibility index (Phi) is 3.76. The SMILES string of the molecule is CN1CCCN(C(=O)c2cn(C)nc2C2CC2)c2cc(Cl)ccc21. The van der Waals surface area contributed by atoms with Crippen molar-refractivity contribution in [3.63, 3.8) is 0 Å². The lowest BCUT2D eigenvalue weighted by molar-refractivity contribution is 0.0986. The van der Waals surface area contributed by atoms with E-state index in [1.165, 1.54) is 0 Å². The zero-order valence-electron chi connectivity index (χ0n) is 14.0. The molecule has 0 atom stereocenters. The van der Waals surface area contributed by atoms with Gasteiger partial charge in [-0.1, -0.05) is 11.6 Å². The predicted molar refractivity (Wildman–Crippen MR) is 96.2 cm³/mol. The molecule has 0 radical (unpaired) electrons. The van der Waals surface area contributed by atoms with Crippen LogP contribution < -0.4 is 9.80 Å². The molecule has 1 aliphatic carbocycles. The van der Waals surface area contributed by atoms with E-state index in [4.69, 9.17) is 11.6 Å². The summed E-state index contributed by atoms with van der Waals surface area (Å²) in [5.74, 6) is 0.474. The van der Waals surface area contributed by atoms with E-state index in [0.717, 1.165) is 48.4 Å². The van der Waals surface area contributed by atoms with E-state index in [1.54, 1.807) is 4.68 Å². The Balaban J connectivity index is 1.77. The van der Waals surface area contributed by atoms with E-state index in [9.17, 15) is 4.79 Å². The third kappa shape index (κ3) is 2.67. The number of hydrogen-bond acceptors (Lipinski definition) is 3. The van der Waals surface area contributed by atoms with Crippen LogP contribution in [-0.2, 0) is 7.05 Å². The average Bonchev–Trinajstić information content (AvgIpc) is 3.34. The highest BCUT2D eigenvalue weighted by atomic mass is 35.5. The molecule has 2 heterocycles. The number of aryl methyl sites for hydroxylation is 1. The smallest absolute Gasteiger partial charge is 0.261 e. The summed E-state index contributed by atoms with van der Waals surface area (Å²) in [7, 11) is 3.93. The second kappa shape index (κ2) is 5.81. The van der Waals surface area contributed by atoms with Crippen molar-refractivity contribution in [2.75, 3.05) is 29.9 Å². The maximum absolute atomic E-state index is 13.3. The molecule has 0 N–H and O–H groups in total. The van der Waals surface area contributed by atoms with Crippen molar-refractivity contribution in [2.45, 2.75) is 25.2 Å². The van der Waals surface area contributed by atoms with Crippen LogP contribution in [0.3, 0.4) is 0 Å². The Labute approximate surface area is 146 Å². The van der Waals surface area contributed by atoms with Gasteiger partial charge in [0, 0.05) is 44.3 Å². The molecule has 0 unspecified atom stereocenters. The van der Waals surface area contributed by atoms with E-state index in [1.807, 2.05) is 36.3 Å². The zero-order valence-corrected chi connectivity index (χ0v) is 14.8. The van der Waals surface area contributed by atoms with Crippen LogP contribution in [0.2, 0.25) is 5.02 Å². The normalized spacial score (nSPS) is 17.6. The minimum Gasteiger partial charge on any atom is -0.373 e. The molecule has 1 fully saturated rings. The Hall–Kier alpha value is -2.01. The number of amides is 1. The maximum Gasteiger partial charge on any atom is 0.261 e. The molecule has 24 heavy (non-hydrogen) atoms. The van der Waals surface area contributed by atoms with Crippen molar-refractivity contribution < 1.29 is 4.79 Å². The third-order valence-electron chi connectivity index (χ3n) is 4.81. The summed E-state index contributed by atoms with van der Waals surface area (Å²) >= 11 is 6.22.